The maximum absolute atomic E-state index is 12.1. The summed E-state index contributed by atoms with van der Waals surface area (Å²) in [6.07, 6.45) is 0.949. The van der Waals surface area contributed by atoms with Crippen LogP contribution in [0.3, 0.4) is 0 Å². The summed E-state index contributed by atoms with van der Waals surface area (Å²) in [5.41, 5.74) is 3.04. The van der Waals surface area contributed by atoms with Crippen LogP contribution in [0.2, 0.25) is 0 Å². The molecule has 0 unspecified atom stereocenters. The van der Waals surface area contributed by atoms with Gasteiger partial charge in [0, 0.05) is 22.9 Å². The lowest BCUT2D eigenvalue weighted by atomic mass is 10.1. The van der Waals surface area contributed by atoms with Crippen LogP contribution in [-0.2, 0) is 11.2 Å². The highest BCUT2D eigenvalue weighted by atomic mass is 79.9. The predicted octanol–water partition coefficient (Wildman–Crippen LogP) is 5.59. The highest BCUT2D eigenvalue weighted by Crippen LogP contribution is 2.24. The van der Waals surface area contributed by atoms with Crippen LogP contribution in [0.15, 0.2) is 69.6 Å². The van der Waals surface area contributed by atoms with E-state index in [-0.39, 0.29) is 5.91 Å². The first-order valence-electron chi connectivity index (χ1n) is 7.82. The maximum atomic E-state index is 12.1. The van der Waals surface area contributed by atoms with Gasteiger partial charge in [0.2, 0.25) is 5.91 Å². The number of amides is 1. The van der Waals surface area contributed by atoms with E-state index in [0.29, 0.717) is 12.8 Å². The Hall–Kier alpha value is -2.33. The van der Waals surface area contributed by atoms with Gasteiger partial charge in [-0.25, -0.2) is 0 Å². The molecule has 3 rings (SSSR count). The second-order valence-electron chi connectivity index (χ2n) is 5.66. The lowest BCUT2D eigenvalue weighted by molar-refractivity contribution is -0.116. The van der Waals surface area contributed by atoms with E-state index in [4.69, 9.17) is 4.42 Å². The first-order valence-corrected chi connectivity index (χ1v) is 8.61. The minimum atomic E-state index is -0.0322. The second kappa shape index (κ2) is 7.49. The fourth-order valence-corrected chi connectivity index (χ4v) is 2.78. The lowest BCUT2D eigenvalue weighted by Crippen LogP contribution is -2.12. The quantitative estimate of drug-likeness (QED) is 0.623. The number of para-hydroxylation sites is 1. The van der Waals surface area contributed by atoms with Crippen molar-refractivity contribution >= 4 is 27.5 Å². The van der Waals surface area contributed by atoms with Gasteiger partial charge in [-0.1, -0.05) is 42.0 Å². The summed E-state index contributed by atoms with van der Waals surface area (Å²) in [4.78, 5) is 12.1. The lowest BCUT2D eigenvalue weighted by Gasteiger charge is -2.06. The van der Waals surface area contributed by atoms with Gasteiger partial charge in [0.1, 0.15) is 11.5 Å². The Morgan fingerprint density at radius 3 is 2.54 bits per heavy atom. The number of nitrogens with one attached hydrogen (secondary N) is 1. The largest absolute Gasteiger partial charge is 0.461 e. The summed E-state index contributed by atoms with van der Waals surface area (Å²) < 4.78 is 6.72. The van der Waals surface area contributed by atoms with E-state index in [9.17, 15) is 4.79 Å². The zero-order valence-corrected chi connectivity index (χ0v) is 15.0. The van der Waals surface area contributed by atoms with Crippen molar-refractivity contribution in [2.24, 2.45) is 0 Å². The van der Waals surface area contributed by atoms with Crippen LogP contribution in [0.5, 0.6) is 0 Å². The first kappa shape index (κ1) is 16.5. The number of carbonyl (C=O) groups is 1. The standard InChI is InChI=1S/C20H18BrNO2/c1-14-6-8-15(9-7-14)19-12-10-16(24-19)11-13-20(23)22-18-5-3-2-4-17(18)21/h2-10,12H,11,13H2,1H3,(H,22,23). The molecule has 3 nitrogen and oxygen atoms in total. The monoisotopic (exact) mass is 383 g/mol. The van der Waals surface area contributed by atoms with Crippen molar-refractivity contribution in [2.75, 3.05) is 5.32 Å². The Morgan fingerprint density at radius 2 is 1.79 bits per heavy atom. The van der Waals surface area contributed by atoms with E-state index in [1.54, 1.807) is 0 Å². The van der Waals surface area contributed by atoms with Gasteiger partial charge >= 0.3 is 0 Å². The van der Waals surface area contributed by atoms with Crippen molar-refractivity contribution < 1.29 is 9.21 Å². The number of furan rings is 1. The SMILES string of the molecule is Cc1ccc(-c2ccc(CCC(=O)Nc3ccccc3Br)o2)cc1. The molecule has 122 valence electrons. The summed E-state index contributed by atoms with van der Waals surface area (Å²) in [6, 6.07) is 19.6. The van der Waals surface area contributed by atoms with Crippen molar-refractivity contribution in [1.29, 1.82) is 0 Å². The minimum Gasteiger partial charge on any atom is -0.461 e. The molecule has 1 N–H and O–H groups in total. The molecule has 24 heavy (non-hydrogen) atoms. The van der Waals surface area contributed by atoms with Crippen LogP contribution in [-0.4, -0.2) is 5.91 Å². The smallest absolute Gasteiger partial charge is 0.224 e. The fourth-order valence-electron chi connectivity index (χ4n) is 2.40. The zero-order valence-electron chi connectivity index (χ0n) is 13.4. The molecular weight excluding hydrogens is 366 g/mol. The summed E-state index contributed by atoms with van der Waals surface area (Å²) in [5, 5.41) is 2.90. The molecule has 0 aliphatic carbocycles. The summed E-state index contributed by atoms with van der Waals surface area (Å²) in [5.74, 6) is 1.61. The van der Waals surface area contributed by atoms with Crippen molar-refractivity contribution in [3.05, 3.63) is 76.5 Å². The molecular formula is C20H18BrNO2. The predicted molar refractivity (Wildman–Crippen MR) is 100.0 cm³/mol. The van der Waals surface area contributed by atoms with Crippen molar-refractivity contribution in [1.82, 2.24) is 0 Å². The molecule has 0 aliphatic heterocycles. The Balaban J connectivity index is 1.58. The average molecular weight is 384 g/mol. The Labute approximate surface area is 149 Å². The zero-order chi connectivity index (χ0) is 16.9. The van der Waals surface area contributed by atoms with Gasteiger partial charge < -0.3 is 9.73 Å². The maximum Gasteiger partial charge on any atom is 0.224 e. The highest BCUT2D eigenvalue weighted by Gasteiger charge is 2.09. The molecule has 4 heteroatoms. The third kappa shape index (κ3) is 4.15. The summed E-state index contributed by atoms with van der Waals surface area (Å²) in [6.45, 7) is 2.06. The van der Waals surface area contributed by atoms with Crippen LogP contribution >= 0.6 is 15.9 Å². The van der Waals surface area contributed by atoms with Crippen LogP contribution in [0.1, 0.15) is 17.7 Å². The number of hydrogen-bond acceptors (Lipinski definition) is 2. The van der Waals surface area contributed by atoms with E-state index in [0.717, 1.165) is 27.2 Å². The normalized spacial score (nSPS) is 10.6. The molecule has 1 heterocycles. The van der Waals surface area contributed by atoms with Crippen molar-refractivity contribution in [3.8, 4) is 11.3 Å². The van der Waals surface area contributed by atoms with E-state index in [1.165, 1.54) is 5.56 Å². The molecule has 0 fully saturated rings. The summed E-state index contributed by atoms with van der Waals surface area (Å²) in [7, 11) is 0. The Bertz CT molecular complexity index is 837. The fraction of sp³-hybridized carbons (Fsp3) is 0.150. The molecule has 1 amide bonds. The molecule has 0 saturated heterocycles. The van der Waals surface area contributed by atoms with Crippen LogP contribution in [0, 0.1) is 6.92 Å². The molecule has 0 atom stereocenters. The number of rotatable bonds is 5. The number of aryl methyl sites for hydroxylation is 2. The number of benzene rings is 2. The molecule has 0 aliphatic rings. The first-order chi connectivity index (χ1) is 11.6. The van der Waals surface area contributed by atoms with E-state index < -0.39 is 0 Å². The molecule has 0 bridgehead atoms. The van der Waals surface area contributed by atoms with E-state index >= 15 is 0 Å². The third-order valence-corrected chi connectivity index (χ3v) is 4.44. The van der Waals surface area contributed by atoms with Crippen LogP contribution in [0.25, 0.3) is 11.3 Å². The van der Waals surface area contributed by atoms with Gasteiger partial charge in [0.25, 0.3) is 0 Å². The molecule has 0 radical (unpaired) electrons. The molecule has 2 aromatic carbocycles. The third-order valence-electron chi connectivity index (χ3n) is 3.74. The van der Waals surface area contributed by atoms with Gasteiger partial charge in [0.05, 0.1) is 5.69 Å². The van der Waals surface area contributed by atoms with Crippen molar-refractivity contribution in [3.63, 3.8) is 0 Å². The molecule has 1 aromatic heterocycles. The highest BCUT2D eigenvalue weighted by molar-refractivity contribution is 9.10. The van der Waals surface area contributed by atoms with Crippen molar-refractivity contribution in [2.45, 2.75) is 19.8 Å². The minimum absolute atomic E-state index is 0.0322. The van der Waals surface area contributed by atoms with Gasteiger partial charge in [-0.05, 0) is 47.1 Å². The van der Waals surface area contributed by atoms with Gasteiger partial charge in [-0.2, -0.15) is 0 Å². The topological polar surface area (TPSA) is 42.2 Å². The Kier molecular flexibility index (Phi) is 5.16. The molecule has 3 aromatic rings. The van der Waals surface area contributed by atoms with E-state index in [2.05, 4.69) is 40.3 Å². The van der Waals surface area contributed by atoms with Crippen LogP contribution < -0.4 is 5.32 Å². The number of anilines is 1. The number of carbonyl (C=O) groups excluding carboxylic acids is 1. The Morgan fingerprint density at radius 1 is 1.04 bits per heavy atom. The number of hydrogen-bond donors (Lipinski definition) is 1. The molecule has 0 saturated carbocycles. The van der Waals surface area contributed by atoms with Gasteiger partial charge in [0.15, 0.2) is 0 Å². The molecule has 0 spiro atoms. The second-order valence-corrected chi connectivity index (χ2v) is 6.51. The number of halogens is 1. The van der Waals surface area contributed by atoms with Gasteiger partial charge in [-0.15, -0.1) is 0 Å². The van der Waals surface area contributed by atoms with Crippen LogP contribution in [0.4, 0.5) is 5.69 Å². The summed E-state index contributed by atoms with van der Waals surface area (Å²) >= 11 is 3.42. The van der Waals surface area contributed by atoms with E-state index in [1.807, 2.05) is 48.5 Å². The van der Waals surface area contributed by atoms with Gasteiger partial charge in [-0.3, -0.25) is 4.79 Å². The average Bonchev–Trinajstić information content (AvgIpc) is 3.05.